The first kappa shape index (κ1) is 16.7. The Bertz CT molecular complexity index is 608. The zero-order valence-electron chi connectivity index (χ0n) is 14.4. The average Bonchev–Trinajstić information content (AvgIpc) is 2.69. The molecule has 0 fully saturated rings. The van der Waals surface area contributed by atoms with Gasteiger partial charge < -0.3 is 10.2 Å². The summed E-state index contributed by atoms with van der Waals surface area (Å²) in [6, 6.07) is 0. The number of hydrogen-bond acceptors (Lipinski definition) is 3. The number of Topliss-reactive ketones (excluding diaryl/α,β-unsaturated/α-hetero) is 1. The van der Waals surface area contributed by atoms with Crippen molar-refractivity contribution in [2.45, 2.75) is 65.1 Å². The van der Waals surface area contributed by atoms with Crippen LogP contribution in [0.5, 0.6) is 0 Å². The van der Waals surface area contributed by atoms with Crippen LogP contribution in [0.4, 0.5) is 0 Å². The maximum absolute atomic E-state index is 13.1. The smallest absolute Gasteiger partial charge is 0.169 e. The minimum Gasteiger partial charge on any atom is -0.389 e. The molecule has 0 heterocycles. The SMILES string of the molecule is C=C1CC[C@@H]2CCC3=C(C(=O)[C@@H](/C(C)=C\[C@H](O)C1)[C@H]3O)C2(C)C. The molecule has 0 unspecified atom stereocenters. The molecule has 0 aromatic heterocycles. The van der Waals surface area contributed by atoms with E-state index in [1.807, 2.05) is 6.92 Å². The highest BCUT2D eigenvalue weighted by molar-refractivity contribution is 6.04. The van der Waals surface area contributed by atoms with Crippen molar-refractivity contribution in [3.8, 4) is 0 Å². The summed E-state index contributed by atoms with van der Waals surface area (Å²) in [4.78, 5) is 13.1. The van der Waals surface area contributed by atoms with E-state index in [0.29, 0.717) is 12.3 Å². The van der Waals surface area contributed by atoms with Gasteiger partial charge in [0.15, 0.2) is 5.78 Å². The summed E-state index contributed by atoms with van der Waals surface area (Å²) in [5.74, 6) is -0.0170. The maximum Gasteiger partial charge on any atom is 0.169 e. The molecule has 0 radical (unpaired) electrons. The molecule has 0 aromatic rings. The molecule has 3 aliphatic carbocycles. The molecule has 3 bridgehead atoms. The van der Waals surface area contributed by atoms with Crippen molar-refractivity contribution in [3.63, 3.8) is 0 Å². The Kier molecular flexibility index (Phi) is 4.14. The summed E-state index contributed by atoms with van der Waals surface area (Å²) in [6.07, 6.45) is 4.64. The van der Waals surface area contributed by atoms with Gasteiger partial charge >= 0.3 is 0 Å². The van der Waals surface area contributed by atoms with Gasteiger partial charge in [0.2, 0.25) is 0 Å². The normalized spacial score (nSPS) is 39.8. The molecule has 3 aliphatic rings. The zero-order valence-corrected chi connectivity index (χ0v) is 14.4. The van der Waals surface area contributed by atoms with Crippen molar-refractivity contribution < 1.29 is 15.0 Å². The number of allylic oxidation sites excluding steroid dienone is 1. The Morgan fingerprint density at radius 2 is 1.87 bits per heavy atom. The van der Waals surface area contributed by atoms with Crippen molar-refractivity contribution >= 4 is 5.78 Å². The highest BCUT2D eigenvalue weighted by Crippen LogP contribution is 2.53. The Morgan fingerprint density at radius 3 is 2.57 bits per heavy atom. The molecule has 0 saturated heterocycles. The van der Waals surface area contributed by atoms with Gasteiger partial charge in [-0.25, -0.2) is 0 Å². The zero-order chi connectivity index (χ0) is 16.9. The third-order valence-electron chi connectivity index (χ3n) is 6.24. The molecule has 0 saturated carbocycles. The van der Waals surface area contributed by atoms with Crippen LogP contribution in [0, 0.1) is 17.3 Å². The first-order valence-corrected chi connectivity index (χ1v) is 8.72. The number of rotatable bonds is 0. The number of carbonyl (C=O) groups excluding carboxylic acids is 1. The first-order valence-electron chi connectivity index (χ1n) is 8.72. The van der Waals surface area contributed by atoms with E-state index in [1.54, 1.807) is 6.08 Å². The second kappa shape index (κ2) is 5.71. The second-order valence-corrected chi connectivity index (χ2v) is 8.12. The molecular formula is C20H28O3. The van der Waals surface area contributed by atoms with Gasteiger partial charge in [0.25, 0.3) is 0 Å². The highest BCUT2D eigenvalue weighted by Gasteiger charge is 2.51. The van der Waals surface area contributed by atoms with Crippen LogP contribution in [0.2, 0.25) is 0 Å². The van der Waals surface area contributed by atoms with Gasteiger partial charge in [-0.3, -0.25) is 4.79 Å². The molecule has 0 aromatic carbocycles. The summed E-state index contributed by atoms with van der Waals surface area (Å²) < 4.78 is 0. The van der Waals surface area contributed by atoms with Crippen LogP contribution in [-0.4, -0.2) is 28.2 Å². The van der Waals surface area contributed by atoms with Gasteiger partial charge in [0.05, 0.1) is 18.1 Å². The van der Waals surface area contributed by atoms with E-state index >= 15 is 0 Å². The van der Waals surface area contributed by atoms with E-state index in [1.165, 1.54) is 0 Å². The lowest BCUT2D eigenvalue weighted by Gasteiger charge is -2.40. The maximum atomic E-state index is 13.1. The number of aliphatic hydroxyl groups excluding tert-OH is 2. The average molecular weight is 316 g/mol. The van der Waals surface area contributed by atoms with Gasteiger partial charge in [-0.2, -0.15) is 0 Å². The van der Waals surface area contributed by atoms with Crippen molar-refractivity contribution in [2.24, 2.45) is 17.3 Å². The quantitative estimate of drug-likeness (QED) is 0.674. The van der Waals surface area contributed by atoms with Gasteiger partial charge in [-0.15, -0.1) is 0 Å². The summed E-state index contributed by atoms with van der Waals surface area (Å²) in [5, 5.41) is 21.0. The van der Waals surface area contributed by atoms with E-state index in [9.17, 15) is 15.0 Å². The predicted molar refractivity (Wildman–Crippen MR) is 90.8 cm³/mol. The topological polar surface area (TPSA) is 57.5 Å². The summed E-state index contributed by atoms with van der Waals surface area (Å²) in [7, 11) is 0. The monoisotopic (exact) mass is 316 g/mol. The molecule has 126 valence electrons. The lowest BCUT2D eigenvalue weighted by Crippen LogP contribution is -2.33. The lowest BCUT2D eigenvalue weighted by molar-refractivity contribution is -0.120. The second-order valence-electron chi connectivity index (χ2n) is 8.12. The lowest BCUT2D eigenvalue weighted by atomic mass is 9.63. The molecule has 2 N–H and O–H groups in total. The highest BCUT2D eigenvalue weighted by atomic mass is 16.3. The minimum absolute atomic E-state index is 0.0718. The van der Waals surface area contributed by atoms with Crippen molar-refractivity contribution in [1.82, 2.24) is 0 Å². The number of carbonyl (C=O) groups is 1. The molecule has 3 rings (SSSR count). The molecule has 23 heavy (non-hydrogen) atoms. The van der Waals surface area contributed by atoms with Crippen molar-refractivity contribution in [3.05, 3.63) is 34.9 Å². The van der Waals surface area contributed by atoms with Crippen LogP contribution in [0.25, 0.3) is 0 Å². The number of fused-ring (bicyclic) bond motifs is 2. The van der Waals surface area contributed by atoms with Crippen molar-refractivity contribution in [2.75, 3.05) is 0 Å². The number of ketones is 1. The molecular weight excluding hydrogens is 288 g/mol. The van der Waals surface area contributed by atoms with Crippen molar-refractivity contribution in [1.29, 1.82) is 0 Å². The van der Waals surface area contributed by atoms with Crippen LogP contribution in [0.15, 0.2) is 34.9 Å². The van der Waals surface area contributed by atoms with E-state index in [0.717, 1.165) is 48.0 Å². The Labute approximate surface area is 138 Å². The van der Waals surface area contributed by atoms with Crippen LogP contribution in [0.1, 0.15) is 52.9 Å². The molecule has 4 atom stereocenters. The fourth-order valence-electron chi connectivity index (χ4n) is 4.91. The van der Waals surface area contributed by atoms with Crippen LogP contribution in [-0.2, 0) is 4.79 Å². The summed E-state index contributed by atoms with van der Waals surface area (Å²) in [6.45, 7) is 10.3. The van der Waals surface area contributed by atoms with E-state index in [2.05, 4.69) is 20.4 Å². The van der Waals surface area contributed by atoms with E-state index in [4.69, 9.17) is 0 Å². The largest absolute Gasteiger partial charge is 0.389 e. The van der Waals surface area contributed by atoms with Gasteiger partial charge in [0, 0.05) is 5.57 Å². The molecule has 3 heteroatoms. The predicted octanol–water partition coefficient (Wildman–Crippen LogP) is 3.33. The molecule has 0 spiro atoms. The number of hydrogen-bond donors (Lipinski definition) is 2. The third-order valence-corrected chi connectivity index (χ3v) is 6.24. The molecule has 0 aliphatic heterocycles. The van der Waals surface area contributed by atoms with Gasteiger partial charge in [-0.05, 0) is 55.9 Å². The summed E-state index contributed by atoms with van der Waals surface area (Å²) in [5.41, 5.74) is 3.46. The van der Waals surface area contributed by atoms with Crippen LogP contribution >= 0.6 is 0 Å². The number of aliphatic hydroxyl groups is 2. The first-order chi connectivity index (χ1) is 10.7. The standard InChI is InChI=1S/C20H28O3/c1-11-5-6-13-7-8-15-17(20(13,3)4)19(23)16(18(15)22)12(2)10-14(21)9-11/h10,13-14,16,18,21-22H,1,5-9H2,2-4H3/b12-10-/t13-,14-,16+,18+/m1/s1. The van der Waals surface area contributed by atoms with E-state index < -0.39 is 18.1 Å². The van der Waals surface area contributed by atoms with Crippen LogP contribution in [0.3, 0.4) is 0 Å². The minimum atomic E-state index is -0.717. The molecule has 3 nitrogen and oxygen atoms in total. The molecule has 0 amide bonds. The third kappa shape index (κ3) is 2.64. The van der Waals surface area contributed by atoms with E-state index in [-0.39, 0.29) is 11.2 Å². The Hall–Kier alpha value is -1.19. The van der Waals surface area contributed by atoms with Crippen LogP contribution < -0.4 is 0 Å². The van der Waals surface area contributed by atoms with Gasteiger partial charge in [0.1, 0.15) is 0 Å². The Morgan fingerprint density at radius 1 is 1.22 bits per heavy atom. The fraction of sp³-hybridized carbons (Fsp3) is 0.650. The Balaban J connectivity index is 2.10. The summed E-state index contributed by atoms with van der Waals surface area (Å²) >= 11 is 0. The van der Waals surface area contributed by atoms with Gasteiger partial charge in [-0.1, -0.05) is 37.6 Å². The fourth-order valence-corrected chi connectivity index (χ4v) is 4.91.